The number of methoxy groups -OCH3 is 1. The lowest BCUT2D eigenvalue weighted by atomic mass is 10.2. The Kier molecular flexibility index (Phi) is 5.27. The van der Waals surface area contributed by atoms with E-state index in [2.05, 4.69) is 10.4 Å². The zero-order chi connectivity index (χ0) is 22.2. The van der Waals surface area contributed by atoms with Crippen LogP contribution >= 0.6 is 11.3 Å². The Bertz CT molecular complexity index is 1410. The number of aromatic nitrogens is 4. The highest BCUT2D eigenvalue weighted by Gasteiger charge is 2.23. The molecule has 11 heteroatoms. The molecule has 1 N–H and O–H groups in total. The molecule has 3 aromatic heterocycles. The Labute approximate surface area is 185 Å². The lowest BCUT2D eigenvalue weighted by molar-refractivity contribution is -0.117. The third-order valence-corrected chi connectivity index (χ3v) is 6.36. The fourth-order valence-corrected chi connectivity index (χ4v) is 4.73. The number of rotatable bonds is 6. The molecule has 0 saturated carbocycles. The van der Waals surface area contributed by atoms with Crippen molar-refractivity contribution >= 4 is 38.9 Å². The molecule has 10 nitrogen and oxygen atoms in total. The van der Waals surface area contributed by atoms with E-state index >= 15 is 0 Å². The predicted octanol–water partition coefficient (Wildman–Crippen LogP) is 1.70. The third-order valence-electron chi connectivity index (χ3n) is 5.47. The number of benzene rings is 1. The Balaban J connectivity index is 1.51. The number of nitrogens with zero attached hydrogens (tertiary/aromatic N) is 4. The van der Waals surface area contributed by atoms with Crippen molar-refractivity contribution in [1.29, 1.82) is 0 Å². The predicted molar refractivity (Wildman–Crippen MR) is 120 cm³/mol. The molecular weight excluding hydrogens is 434 g/mol. The van der Waals surface area contributed by atoms with E-state index in [1.807, 2.05) is 0 Å². The number of hydrogen-bond acceptors (Lipinski definition) is 7. The highest BCUT2D eigenvalue weighted by atomic mass is 32.1. The molecule has 1 aromatic carbocycles. The van der Waals surface area contributed by atoms with Gasteiger partial charge in [-0.05, 0) is 48.6 Å². The summed E-state index contributed by atoms with van der Waals surface area (Å²) in [7, 11) is 1.56. The Hall–Kier alpha value is -3.44. The van der Waals surface area contributed by atoms with Gasteiger partial charge in [0.25, 0.3) is 5.56 Å². The summed E-state index contributed by atoms with van der Waals surface area (Å²) >= 11 is 1.28. The normalized spacial score (nSPS) is 16.1. The lowest BCUT2D eigenvalue weighted by Crippen LogP contribution is -2.30. The van der Waals surface area contributed by atoms with Gasteiger partial charge in [-0.15, -0.1) is 16.4 Å². The number of thiophene rings is 1. The van der Waals surface area contributed by atoms with E-state index in [0.717, 1.165) is 17.5 Å². The molecule has 5 rings (SSSR count). The van der Waals surface area contributed by atoms with Gasteiger partial charge in [0.2, 0.25) is 11.7 Å². The van der Waals surface area contributed by atoms with Crippen LogP contribution in [0.5, 0.6) is 5.75 Å². The third kappa shape index (κ3) is 3.59. The number of carbonyl (C=O) groups excluding carboxylic acids is 1. The maximum Gasteiger partial charge on any atom is 0.352 e. The molecule has 4 aromatic rings. The van der Waals surface area contributed by atoms with Gasteiger partial charge in [-0.2, -0.15) is 0 Å². The van der Waals surface area contributed by atoms with E-state index in [0.29, 0.717) is 34.8 Å². The van der Waals surface area contributed by atoms with Crippen molar-refractivity contribution in [3.63, 3.8) is 0 Å². The highest BCUT2D eigenvalue weighted by Crippen LogP contribution is 2.20. The maximum absolute atomic E-state index is 13.1. The number of carbonyl (C=O) groups is 1. The summed E-state index contributed by atoms with van der Waals surface area (Å²) in [6.07, 6.45) is 1.67. The fraction of sp³-hybridized carbons (Fsp3) is 0.333. The number of nitrogens with one attached hydrogen (secondary N) is 1. The van der Waals surface area contributed by atoms with Crippen molar-refractivity contribution in [2.45, 2.75) is 32.0 Å². The van der Waals surface area contributed by atoms with E-state index in [1.165, 1.54) is 20.3 Å². The van der Waals surface area contributed by atoms with Crippen molar-refractivity contribution < 1.29 is 14.3 Å². The summed E-state index contributed by atoms with van der Waals surface area (Å²) in [5.74, 6) is 0.470. The number of fused-ring (bicyclic) bond motifs is 3. The number of amides is 1. The molecule has 1 fully saturated rings. The molecule has 1 aliphatic rings. The molecule has 1 amide bonds. The first-order valence-electron chi connectivity index (χ1n) is 10.2. The van der Waals surface area contributed by atoms with Crippen LogP contribution in [0.2, 0.25) is 0 Å². The molecule has 1 unspecified atom stereocenters. The lowest BCUT2D eigenvalue weighted by Gasteiger charge is -2.12. The van der Waals surface area contributed by atoms with Gasteiger partial charge in [0.1, 0.15) is 17.0 Å². The van der Waals surface area contributed by atoms with Crippen LogP contribution in [0.25, 0.3) is 16.0 Å². The minimum absolute atomic E-state index is 0.104. The molecule has 0 bridgehead atoms. The summed E-state index contributed by atoms with van der Waals surface area (Å²) in [6.45, 7) is 0.681. The second kappa shape index (κ2) is 8.24. The summed E-state index contributed by atoms with van der Waals surface area (Å²) in [6, 6.07) is 8.58. The minimum Gasteiger partial charge on any atom is -0.497 e. The molecule has 0 radical (unpaired) electrons. The summed E-state index contributed by atoms with van der Waals surface area (Å²) in [5, 5.41) is 8.86. The fourth-order valence-electron chi connectivity index (χ4n) is 3.90. The smallest absolute Gasteiger partial charge is 0.352 e. The van der Waals surface area contributed by atoms with Gasteiger partial charge in [0, 0.05) is 12.3 Å². The van der Waals surface area contributed by atoms with Crippen molar-refractivity contribution in [2.75, 3.05) is 19.0 Å². The van der Waals surface area contributed by atoms with Crippen molar-refractivity contribution in [3.8, 4) is 5.75 Å². The number of ether oxygens (including phenoxy) is 2. The molecule has 1 atom stereocenters. The topological polar surface area (TPSA) is 109 Å². The summed E-state index contributed by atoms with van der Waals surface area (Å²) in [5.41, 5.74) is 0.376. The van der Waals surface area contributed by atoms with Gasteiger partial charge in [-0.25, -0.2) is 13.9 Å². The van der Waals surface area contributed by atoms with E-state index in [1.54, 1.807) is 42.8 Å². The van der Waals surface area contributed by atoms with Crippen molar-refractivity contribution in [3.05, 3.63) is 56.5 Å². The van der Waals surface area contributed by atoms with Gasteiger partial charge in [-0.1, -0.05) is 0 Å². The molecule has 0 spiro atoms. The van der Waals surface area contributed by atoms with Gasteiger partial charge in [-0.3, -0.25) is 14.2 Å². The van der Waals surface area contributed by atoms with Crippen LogP contribution < -0.4 is 21.3 Å². The van der Waals surface area contributed by atoms with Crippen LogP contribution in [-0.2, 0) is 22.6 Å². The first-order valence-corrected chi connectivity index (χ1v) is 11.1. The Morgan fingerprint density at radius 3 is 2.81 bits per heavy atom. The van der Waals surface area contributed by atoms with Crippen LogP contribution in [-0.4, -0.2) is 44.5 Å². The molecular formula is C21H21N5O5S. The van der Waals surface area contributed by atoms with Crippen LogP contribution in [0, 0.1) is 0 Å². The van der Waals surface area contributed by atoms with Crippen molar-refractivity contribution in [2.24, 2.45) is 0 Å². The average molecular weight is 455 g/mol. The quantitative estimate of drug-likeness (QED) is 0.474. The van der Waals surface area contributed by atoms with E-state index < -0.39 is 11.6 Å². The first kappa shape index (κ1) is 20.5. The van der Waals surface area contributed by atoms with Crippen LogP contribution in [0.3, 0.4) is 0 Å². The first-order chi connectivity index (χ1) is 15.5. The standard InChI is InChI=1S/C21H21N5O5S/c1-30-14-6-4-13(5-7-14)22-17(27)12-25-21(29)26-16-8-10-32-18(16)19(28)24(20(26)23-25)11-15-3-2-9-31-15/h4-8,10,15H,2-3,9,11-12H2,1H3,(H,22,27). The van der Waals surface area contributed by atoms with E-state index in [4.69, 9.17) is 9.47 Å². The molecule has 166 valence electrons. The molecule has 32 heavy (non-hydrogen) atoms. The van der Waals surface area contributed by atoms with Crippen LogP contribution in [0.4, 0.5) is 5.69 Å². The SMILES string of the molecule is COc1ccc(NC(=O)Cn2nc3n(CC4CCCO4)c(=O)c4sccc4n3c2=O)cc1. The zero-order valence-corrected chi connectivity index (χ0v) is 18.1. The summed E-state index contributed by atoms with van der Waals surface area (Å²) in [4.78, 5) is 38.8. The van der Waals surface area contributed by atoms with Gasteiger partial charge < -0.3 is 14.8 Å². The second-order valence-corrected chi connectivity index (χ2v) is 8.45. The van der Waals surface area contributed by atoms with E-state index in [-0.39, 0.29) is 24.0 Å². The Morgan fingerprint density at radius 1 is 1.28 bits per heavy atom. The maximum atomic E-state index is 13.1. The van der Waals surface area contributed by atoms with Crippen LogP contribution in [0.15, 0.2) is 45.3 Å². The van der Waals surface area contributed by atoms with Crippen molar-refractivity contribution in [1.82, 2.24) is 18.7 Å². The Morgan fingerprint density at radius 2 is 2.09 bits per heavy atom. The largest absolute Gasteiger partial charge is 0.497 e. The molecule has 0 aliphatic carbocycles. The molecule has 4 heterocycles. The number of anilines is 1. The second-order valence-electron chi connectivity index (χ2n) is 7.54. The number of hydrogen-bond donors (Lipinski definition) is 1. The zero-order valence-electron chi connectivity index (χ0n) is 17.3. The monoisotopic (exact) mass is 455 g/mol. The van der Waals surface area contributed by atoms with Gasteiger partial charge in [0.05, 0.1) is 25.3 Å². The van der Waals surface area contributed by atoms with E-state index in [9.17, 15) is 14.4 Å². The minimum atomic E-state index is -0.477. The van der Waals surface area contributed by atoms with Crippen LogP contribution in [0.1, 0.15) is 12.8 Å². The summed E-state index contributed by atoms with van der Waals surface area (Å²) < 4.78 is 15.2. The highest BCUT2D eigenvalue weighted by molar-refractivity contribution is 7.17. The van der Waals surface area contributed by atoms with Gasteiger partial charge in [0.15, 0.2) is 0 Å². The molecule has 1 saturated heterocycles. The van der Waals surface area contributed by atoms with Gasteiger partial charge >= 0.3 is 5.69 Å². The average Bonchev–Trinajstić information content (AvgIpc) is 3.53. The molecule has 1 aliphatic heterocycles.